The number of hydrogen-bond donors (Lipinski definition) is 0. The Balaban J connectivity index is 1.91. The van der Waals surface area contributed by atoms with Crippen molar-refractivity contribution >= 4 is 50.4 Å². The van der Waals surface area contributed by atoms with Gasteiger partial charge in [0.1, 0.15) is 16.1 Å². The van der Waals surface area contributed by atoms with Crippen molar-refractivity contribution in [2.24, 2.45) is 15.2 Å². The molecular weight excluding hydrogens is 278 g/mol. The molecule has 1 atom stereocenters. The van der Waals surface area contributed by atoms with Gasteiger partial charge in [0.25, 0.3) is 0 Å². The van der Waals surface area contributed by atoms with E-state index in [0.29, 0.717) is 0 Å². The van der Waals surface area contributed by atoms with Crippen LogP contribution in [-0.4, -0.2) is 22.3 Å². The molecule has 3 nitrogen and oxygen atoms in total. The van der Waals surface area contributed by atoms with Crippen molar-refractivity contribution in [3.8, 4) is 0 Å². The third-order valence-corrected chi connectivity index (χ3v) is 4.55. The minimum absolute atomic E-state index is 0.00874. The van der Waals surface area contributed by atoms with Crippen LogP contribution in [0.3, 0.4) is 0 Å². The lowest BCUT2D eigenvalue weighted by atomic mass is 10.1. The van der Waals surface area contributed by atoms with Crippen molar-refractivity contribution in [1.82, 2.24) is 0 Å². The molecule has 0 saturated carbocycles. The van der Waals surface area contributed by atoms with Gasteiger partial charge < -0.3 is 0 Å². The van der Waals surface area contributed by atoms with E-state index in [1.807, 2.05) is 24.3 Å². The van der Waals surface area contributed by atoms with Crippen LogP contribution >= 0.6 is 23.4 Å². The Labute approximate surface area is 119 Å². The van der Waals surface area contributed by atoms with Crippen molar-refractivity contribution < 1.29 is 0 Å². The van der Waals surface area contributed by atoms with Gasteiger partial charge in [0.15, 0.2) is 0 Å². The van der Waals surface area contributed by atoms with Crippen LogP contribution in [0, 0.1) is 0 Å². The standard InChI is InChI=1S/C14H8ClN3S/c15-11-6-2-3-8-9(11)4-1-5-10(8)13-17-12-7-16-18-14(12)19-13/h1-7,12H/t12-/m0/s1. The van der Waals surface area contributed by atoms with Crippen LogP contribution in [0.5, 0.6) is 0 Å². The molecule has 2 aromatic carbocycles. The van der Waals surface area contributed by atoms with Crippen LogP contribution in [0.4, 0.5) is 0 Å². The lowest BCUT2D eigenvalue weighted by molar-refractivity contribution is 1.22. The van der Waals surface area contributed by atoms with Gasteiger partial charge in [-0.3, -0.25) is 4.99 Å². The molecule has 0 unspecified atom stereocenters. The molecule has 0 N–H and O–H groups in total. The Hall–Kier alpha value is -1.65. The molecule has 2 aliphatic heterocycles. The summed E-state index contributed by atoms with van der Waals surface area (Å²) in [5.41, 5.74) is 1.11. The van der Waals surface area contributed by atoms with E-state index in [-0.39, 0.29) is 6.04 Å². The zero-order valence-electron chi connectivity index (χ0n) is 9.75. The molecule has 2 aromatic rings. The fraction of sp³-hybridized carbons (Fsp3) is 0.0714. The fourth-order valence-electron chi connectivity index (χ4n) is 2.28. The topological polar surface area (TPSA) is 37.1 Å². The maximum Gasteiger partial charge on any atom is 0.138 e. The van der Waals surface area contributed by atoms with Crippen LogP contribution in [-0.2, 0) is 0 Å². The van der Waals surface area contributed by atoms with E-state index in [2.05, 4.69) is 27.3 Å². The molecule has 0 aliphatic carbocycles. The summed E-state index contributed by atoms with van der Waals surface area (Å²) in [7, 11) is 0. The Morgan fingerprint density at radius 2 is 1.89 bits per heavy atom. The predicted octanol–water partition coefficient (Wildman–Crippen LogP) is 3.75. The second kappa shape index (κ2) is 4.18. The molecule has 4 rings (SSSR count). The van der Waals surface area contributed by atoms with Crippen molar-refractivity contribution in [3.63, 3.8) is 0 Å². The van der Waals surface area contributed by atoms with E-state index in [1.165, 1.54) is 0 Å². The summed E-state index contributed by atoms with van der Waals surface area (Å²) < 4.78 is 0. The minimum Gasteiger partial charge on any atom is -0.261 e. The molecule has 2 aliphatic rings. The van der Waals surface area contributed by atoms with E-state index in [0.717, 1.165) is 31.4 Å². The lowest BCUT2D eigenvalue weighted by Gasteiger charge is -2.06. The second-order valence-electron chi connectivity index (χ2n) is 4.32. The molecular formula is C14H8ClN3S. The average molecular weight is 286 g/mol. The maximum absolute atomic E-state index is 6.24. The average Bonchev–Trinajstić information content (AvgIpc) is 2.99. The predicted molar refractivity (Wildman–Crippen MR) is 82.8 cm³/mol. The normalized spacial score (nSPS) is 20.6. The third kappa shape index (κ3) is 1.71. The second-order valence-corrected chi connectivity index (χ2v) is 5.74. The zero-order chi connectivity index (χ0) is 12.8. The molecule has 0 aromatic heterocycles. The first-order valence-corrected chi connectivity index (χ1v) is 7.07. The lowest BCUT2D eigenvalue weighted by Crippen LogP contribution is -2.06. The van der Waals surface area contributed by atoms with Crippen molar-refractivity contribution in [2.75, 3.05) is 0 Å². The number of thioether (sulfide) groups is 1. The molecule has 92 valence electrons. The van der Waals surface area contributed by atoms with Gasteiger partial charge in [-0.25, -0.2) is 0 Å². The third-order valence-electron chi connectivity index (χ3n) is 3.17. The van der Waals surface area contributed by atoms with E-state index in [1.54, 1.807) is 18.0 Å². The number of nitrogens with zero attached hydrogens (tertiary/aromatic N) is 3. The first-order chi connectivity index (χ1) is 9.33. The van der Waals surface area contributed by atoms with E-state index >= 15 is 0 Å². The van der Waals surface area contributed by atoms with E-state index in [4.69, 9.17) is 11.6 Å². The molecule has 0 spiro atoms. The Bertz CT molecular complexity index is 779. The van der Waals surface area contributed by atoms with Gasteiger partial charge in [-0.15, -0.1) is 5.10 Å². The molecule has 5 heteroatoms. The van der Waals surface area contributed by atoms with Gasteiger partial charge >= 0.3 is 0 Å². The van der Waals surface area contributed by atoms with Crippen molar-refractivity contribution in [3.05, 3.63) is 47.0 Å². The summed E-state index contributed by atoms with van der Waals surface area (Å²) in [5.74, 6) is 0. The first-order valence-electron chi connectivity index (χ1n) is 5.87. The molecule has 0 radical (unpaired) electrons. The molecule has 2 heterocycles. The number of benzene rings is 2. The van der Waals surface area contributed by atoms with Crippen molar-refractivity contribution in [2.45, 2.75) is 6.04 Å². The highest BCUT2D eigenvalue weighted by molar-refractivity contribution is 8.27. The summed E-state index contributed by atoms with van der Waals surface area (Å²) in [5, 5.41) is 12.9. The quantitative estimate of drug-likeness (QED) is 0.786. The summed E-state index contributed by atoms with van der Waals surface area (Å²) in [6.07, 6.45) is 1.77. The summed E-state index contributed by atoms with van der Waals surface area (Å²) in [6.45, 7) is 0. The van der Waals surface area contributed by atoms with Crippen molar-refractivity contribution in [1.29, 1.82) is 0 Å². The maximum atomic E-state index is 6.24. The molecule has 0 bridgehead atoms. The van der Waals surface area contributed by atoms with Gasteiger partial charge in [-0.2, -0.15) is 5.10 Å². The number of fused-ring (bicyclic) bond motifs is 2. The summed E-state index contributed by atoms with van der Waals surface area (Å²) in [4.78, 5) is 4.66. The van der Waals surface area contributed by atoms with Gasteiger partial charge in [0.2, 0.25) is 0 Å². The van der Waals surface area contributed by atoms with E-state index in [9.17, 15) is 0 Å². The molecule has 0 amide bonds. The largest absolute Gasteiger partial charge is 0.261 e. The smallest absolute Gasteiger partial charge is 0.138 e. The highest BCUT2D eigenvalue weighted by atomic mass is 35.5. The van der Waals surface area contributed by atoms with Crippen LogP contribution in [0.2, 0.25) is 5.02 Å². The van der Waals surface area contributed by atoms with Gasteiger partial charge in [-0.05, 0) is 23.2 Å². The number of rotatable bonds is 1. The van der Waals surface area contributed by atoms with Crippen LogP contribution < -0.4 is 0 Å². The molecule has 19 heavy (non-hydrogen) atoms. The number of aliphatic imine (C=N–C) groups is 1. The summed E-state index contributed by atoms with van der Waals surface area (Å²) in [6, 6.07) is 12.1. The Morgan fingerprint density at radius 3 is 2.79 bits per heavy atom. The Kier molecular flexibility index (Phi) is 2.47. The van der Waals surface area contributed by atoms with Crippen LogP contribution in [0.15, 0.2) is 51.6 Å². The van der Waals surface area contributed by atoms with Gasteiger partial charge in [-0.1, -0.05) is 41.9 Å². The summed E-state index contributed by atoms with van der Waals surface area (Å²) >= 11 is 7.83. The first kappa shape index (κ1) is 11.2. The van der Waals surface area contributed by atoms with E-state index < -0.39 is 0 Å². The zero-order valence-corrected chi connectivity index (χ0v) is 11.3. The van der Waals surface area contributed by atoms with Gasteiger partial charge in [0.05, 0.1) is 6.21 Å². The van der Waals surface area contributed by atoms with Gasteiger partial charge in [0, 0.05) is 16.0 Å². The highest BCUT2D eigenvalue weighted by Gasteiger charge is 2.28. The monoisotopic (exact) mass is 285 g/mol. The number of halogens is 1. The number of hydrogen-bond acceptors (Lipinski definition) is 4. The Morgan fingerprint density at radius 1 is 1.05 bits per heavy atom. The molecule has 0 saturated heterocycles. The highest BCUT2D eigenvalue weighted by Crippen LogP contribution is 2.33. The van der Waals surface area contributed by atoms with Crippen LogP contribution in [0.25, 0.3) is 10.8 Å². The minimum atomic E-state index is 0.00874. The molecule has 0 fully saturated rings. The SMILES string of the molecule is Clc1cccc2c(C3=N[C@H]4C=NN=C4S3)cccc12. The van der Waals surface area contributed by atoms with Crippen LogP contribution in [0.1, 0.15) is 5.56 Å². The fourth-order valence-corrected chi connectivity index (χ4v) is 3.49.